The van der Waals surface area contributed by atoms with Crippen molar-refractivity contribution in [2.75, 3.05) is 5.32 Å². The Morgan fingerprint density at radius 3 is 2.82 bits per heavy atom. The molecule has 0 radical (unpaired) electrons. The molecule has 4 nitrogen and oxygen atoms in total. The molecule has 0 aliphatic heterocycles. The molecule has 3 rings (SSSR count). The van der Waals surface area contributed by atoms with Crippen molar-refractivity contribution < 1.29 is 0 Å². The number of benzene rings is 2. The summed E-state index contributed by atoms with van der Waals surface area (Å²) in [5, 5.41) is 7.22. The molecule has 5 heteroatoms. The molecule has 2 aromatic carbocycles. The molecule has 3 N–H and O–H groups in total. The fourth-order valence-corrected chi connectivity index (χ4v) is 2.71. The van der Waals surface area contributed by atoms with Gasteiger partial charge < -0.3 is 15.6 Å². The first-order valence-corrected chi connectivity index (χ1v) is 7.72. The number of rotatable bonds is 4. The van der Waals surface area contributed by atoms with Crippen molar-refractivity contribution in [1.29, 1.82) is 0 Å². The molecular formula is C17H18N4S. The average Bonchev–Trinajstić information content (AvgIpc) is 3.01. The Balaban J connectivity index is 1.68. The summed E-state index contributed by atoms with van der Waals surface area (Å²) in [5.74, 6) is 0. The normalized spacial score (nSPS) is 12.0. The summed E-state index contributed by atoms with van der Waals surface area (Å²) in [4.78, 5) is 7.30. The van der Waals surface area contributed by atoms with Gasteiger partial charge in [-0.3, -0.25) is 0 Å². The number of thiocarbonyl (C=S) groups is 1. The van der Waals surface area contributed by atoms with Gasteiger partial charge in [0, 0.05) is 5.69 Å². The lowest BCUT2D eigenvalue weighted by molar-refractivity contribution is 0.629. The van der Waals surface area contributed by atoms with E-state index in [9.17, 15) is 0 Å². The highest BCUT2D eigenvalue weighted by atomic mass is 32.1. The molecule has 112 valence electrons. The minimum absolute atomic E-state index is 0.206. The Hall–Kier alpha value is -2.40. The van der Waals surface area contributed by atoms with Crippen LogP contribution in [0.4, 0.5) is 5.69 Å². The number of hydrogen-bond acceptors (Lipinski definition) is 2. The molecule has 3 aromatic rings. The van der Waals surface area contributed by atoms with Crippen molar-refractivity contribution >= 4 is 34.1 Å². The van der Waals surface area contributed by atoms with Gasteiger partial charge in [-0.25, -0.2) is 4.98 Å². The third kappa shape index (κ3) is 3.26. The predicted octanol–water partition coefficient (Wildman–Crippen LogP) is 4.00. The van der Waals surface area contributed by atoms with Gasteiger partial charge in [-0.15, -0.1) is 0 Å². The van der Waals surface area contributed by atoms with Crippen LogP contribution in [0.1, 0.15) is 24.9 Å². The van der Waals surface area contributed by atoms with Crippen LogP contribution in [0.15, 0.2) is 54.9 Å². The van der Waals surface area contributed by atoms with Gasteiger partial charge in [0.2, 0.25) is 0 Å². The maximum atomic E-state index is 5.43. The Morgan fingerprint density at radius 2 is 2.05 bits per heavy atom. The Bertz CT molecular complexity index is 766. The lowest BCUT2D eigenvalue weighted by Gasteiger charge is -2.20. The Kier molecular flexibility index (Phi) is 4.34. The fourth-order valence-electron chi connectivity index (χ4n) is 2.45. The summed E-state index contributed by atoms with van der Waals surface area (Å²) in [6.45, 7) is 2.14. The number of imidazole rings is 1. The minimum atomic E-state index is 0.206. The zero-order valence-electron chi connectivity index (χ0n) is 12.3. The number of aromatic nitrogens is 2. The van der Waals surface area contributed by atoms with Crippen LogP contribution < -0.4 is 10.6 Å². The Morgan fingerprint density at radius 1 is 1.23 bits per heavy atom. The van der Waals surface area contributed by atoms with Gasteiger partial charge in [-0.2, -0.15) is 0 Å². The number of fused-ring (bicyclic) bond motifs is 1. The van der Waals surface area contributed by atoms with Gasteiger partial charge in [-0.05, 0) is 42.4 Å². The van der Waals surface area contributed by atoms with E-state index in [0.717, 1.165) is 23.1 Å². The summed E-state index contributed by atoms with van der Waals surface area (Å²) in [5.41, 5.74) is 4.11. The number of hydrogen-bond donors (Lipinski definition) is 3. The van der Waals surface area contributed by atoms with Gasteiger partial charge in [0.25, 0.3) is 0 Å². The summed E-state index contributed by atoms with van der Waals surface area (Å²) in [6, 6.07) is 16.5. The van der Waals surface area contributed by atoms with Crippen LogP contribution >= 0.6 is 12.2 Å². The number of nitrogens with zero attached hydrogens (tertiary/aromatic N) is 1. The number of aromatic amines is 1. The van der Waals surface area contributed by atoms with E-state index in [0.29, 0.717) is 5.11 Å². The lowest BCUT2D eigenvalue weighted by atomic mass is 10.1. The molecule has 0 fully saturated rings. The van der Waals surface area contributed by atoms with Crippen LogP contribution in [-0.2, 0) is 0 Å². The SMILES string of the molecule is CC[C@@H](NC(=S)Nc1ccc2nc[nH]c2c1)c1ccccc1. The van der Waals surface area contributed by atoms with E-state index in [-0.39, 0.29) is 6.04 Å². The maximum Gasteiger partial charge on any atom is 0.171 e. The number of nitrogens with one attached hydrogen (secondary N) is 3. The molecule has 0 bridgehead atoms. The van der Waals surface area contributed by atoms with Crippen molar-refractivity contribution in [2.45, 2.75) is 19.4 Å². The maximum absolute atomic E-state index is 5.43. The van der Waals surface area contributed by atoms with E-state index in [1.54, 1.807) is 6.33 Å². The zero-order valence-corrected chi connectivity index (χ0v) is 13.2. The Labute approximate surface area is 135 Å². The largest absolute Gasteiger partial charge is 0.356 e. The van der Waals surface area contributed by atoms with Crippen LogP contribution in [0, 0.1) is 0 Å². The molecule has 0 amide bonds. The van der Waals surface area contributed by atoms with Crippen LogP contribution in [0.2, 0.25) is 0 Å². The molecule has 1 atom stereocenters. The molecule has 1 heterocycles. The third-order valence-corrected chi connectivity index (χ3v) is 3.81. The standard InChI is InChI=1S/C17H18N4S/c1-2-14(12-6-4-3-5-7-12)21-17(22)20-13-8-9-15-16(10-13)19-11-18-15/h3-11,14H,2H2,1H3,(H,18,19)(H2,20,21,22)/t14-/m1/s1. The van der Waals surface area contributed by atoms with E-state index in [4.69, 9.17) is 12.2 Å². The van der Waals surface area contributed by atoms with Gasteiger partial charge in [0.1, 0.15) is 0 Å². The van der Waals surface area contributed by atoms with E-state index in [1.165, 1.54) is 5.56 Å². The molecule has 0 aliphatic carbocycles. The fraction of sp³-hybridized carbons (Fsp3) is 0.176. The van der Waals surface area contributed by atoms with E-state index >= 15 is 0 Å². The van der Waals surface area contributed by atoms with Gasteiger partial charge in [0.05, 0.1) is 23.4 Å². The van der Waals surface area contributed by atoms with Crippen molar-refractivity contribution in [3.63, 3.8) is 0 Å². The topological polar surface area (TPSA) is 52.7 Å². The quantitative estimate of drug-likeness (QED) is 0.638. The lowest BCUT2D eigenvalue weighted by Crippen LogP contribution is -2.32. The monoisotopic (exact) mass is 310 g/mol. The highest BCUT2D eigenvalue weighted by Crippen LogP contribution is 2.18. The summed E-state index contributed by atoms with van der Waals surface area (Å²) in [6.07, 6.45) is 2.65. The summed E-state index contributed by atoms with van der Waals surface area (Å²) in [7, 11) is 0. The highest BCUT2D eigenvalue weighted by Gasteiger charge is 2.10. The highest BCUT2D eigenvalue weighted by molar-refractivity contribution is 7.80. The first kappa shape index (κ1) is 14.5. The number of anilines is 1. The van der Waals surface area contributed by atoms with Gasteiger partial charge >= 0.3 is 0 Å². The predicted molar refractivity (Wildman–Crippen MR) is 94.9 cm³/mol. The van der Waals surface area contributed by atoms with Crippen molar-refractivity contribution in [1.82, 2.24) is 15.3 Å². The van der Waals surface area contributed by atoms with Crippen LogP contribution in [0.3, 0.4) is 0 Å². The first-order chi connectivity index (χ1) is 10.8. The van der Waals surface area contributed by atoms with Crippen LogP contribution in [0.5, 0.6) is 0 Å². The van der Waals surface area contributed by atoms with Crippen molar-refractivity contribution in [2.24, 2.45) is 0 Å². The van der Waals surface area contributed by atoms with E-state index < -0.39 is 0 Å². The second kappa shape index (κ2) is 6.58. The first-order valence-electron chi connectivity index (χ1n) is 7.32. The summed E-state index contributed by atoms with van der Waals surface area (Å²) < 4.78 is 0. The second-order valence-electron chi connectivity index (χ2n) is 5.10. The molecular weight excluding hydrogens is 292 g/mol. The van der Waals surface area contributed by atoms with Crippen molar-refractivity contribution in [3.05, 3.63) is 60.4 Å². The zero-order chi connectivity index (χ0) is 15.4. The molecule has 0 spiro atoms. The average molecular weight is 310 g/mol. The molecule has 0 aliphatic rings. The van der Waals surface area contributed by atoms with Gasteiger partial charge in [0.15, 0.2) is 5.11 Å². The molecule has 1 aromatic heterocycles. The van der Waals surface area contributed by atoms with Crippen molar-refractivity contribution in [3.8, 4) is 0 Å². The van der Waals surface area contributed by atoms with Crippen LogP contribution in [0.25, 0.3) is 11.0 Å². The number of H-pyrrole nitrogens is 1. The summed E-state index contributed by atoms with van der Waals surface area (Å²) >= 11 is 5.43. The second-order valence-corrected chi connectivity index (χ2v) is 5.51. The molecule has 0 unspecified atom stereocenters. The third-order valence-electron chi connectivity index (χ3n) is 3.59. The molecule has 0 saturated heterocycles. The van der Waals surface area contributed by atoms with E-state index in [2.05, 4.69) is 39.7 Å². The van der Waals surface area contributed by atoms with Crippen LogP contribution in [-0.4, -0.2) is 15.1 Å². The minimum Gasteiger partial charge on any atom is -0.356 e. The van der Waals surface area contributed by atoms with Gasteiger partial charge in [-0.1, -0.05) is 37.3 Å². The van der Waals surface area contributed by atoms with E-state index in [1.807, 2.05) is 36.4 Å². The molecule has 0 saturated carbocycles. The smallest absolute Gasteiger partial charge is 0.171 e. The molecule has 22 heavy (non-hydrogen) atoms.